The second-order valence-corrected chi connectivity index (χ2v) is 6.63. The van der Waals surface area contributed by atoms with Crippen molar-refractivity contribution in [3.05, 3.63) is 29.8 Å². The second kappa shape index (κ2) is 9.32. The lowest BCUT2D eigenvalue weighted by Gasteiger charge is -2.08. The molecule has 2 heteroatoms. The predicted octanol–water partition coefficient (Wildman–Crippen LogP) is 5.08. The third kappa shape index (κ3) is 6.95. The van der Waals surface area contributed by atoms with Gasteiger partial charge < -0.3 is 4.74 Å². The van der Waals surface area contributed by atoms with Gasteiger partial charge in [0.25, 0.3) is 0 Å². The molecule has 0 spiro atoms. The molecule has 0 aliphatic rings. The van der Waals surface area contributed by atoms with E-state index in [2.05, 4.69) is 50.7 Å². The molecule has 0 bridgehead atoms. The van der Waals surface area contributed by atoms with E-state index in [-0.39, 0.29) is 0 Å². The molecule has 0 heterocycles. The molecule has 0 aliphatic heterocycles. The molecule has 0 atom stereocenters. The first kappa shape index (κ1) is 15.4. The second-order valence-electron chi connectivity index (χ2n) is 4.95. The molecule has 0 unspecified atom stereocenters. The minimum Gasteiger partial charge on any atom is -0.493 e. The van der Waals surface area contributed by atoms with Crippen molar-refractivity contribution in [2.24, 2.45) is 0 Å². The summed E-state index contributed by atoms with van der Waals surface area (Å²) in [6.45, 7) is 7.47. The van der Waals surface area contributed by atoms with E-state index in [1.54, 1.807) is 0 Å². The molecule has 0 saturated carbocycles. The van der Waals surface area contributed by atoms with Gasteiger partial charge in [-0.25, -0.2) is 0 Å². The van der Waals surface area contributed by atoms with Crippen LogP contribution in [0.4, 0.5) is 0 Å². The summed E-state index contributed by atoms with van der Waals surface area (Å²) in [5.74, 6) is 2.34. The van der Waals surface area contributed by atoms with Crippen LogP contribution in [0.15, 0.2) is 24.3 Å². The predicted molar refractivity (Wildman–Crippen MR) is 82.7 cm³/mol. The number of benzene rings is 1. The smallest absolute Gasteiger partial charge is 0.122 e. The summed E-state index contributed by atoms with van der Waals surface area (Å²) in [6, 6.07) is 8.23. The Labute approximate surface area is 116 Å². The first-order chi connectivity index (χ1) is 8.70. The van der Waals surface area contributed by atoms with Crippen molar-refractivity contribution in [2.75, 3.05) is 12.4 Å². The minimum absolute atomic E-state index is 0.773. The van der Waals surface area contributed by atoms with E-state index in [9.17, 15) is 0 Å². The topological polar surface area (TPSA) is 9.23 Å². The Bertz CT molecular complexity index is 323. The number of hydrogen-bond acceptors (Lipinski definition) is 2. The molecule has 0 aliphatic carbocycles. The highest BCUT2D eigenvalue weighted by atomic mass is 32.2. The molecule has 0 radical (unpaired) electrons. The molecule has 1 aromatic rings. The SMILES string of the molecule is Cc1ccccc1OCCCCCCSC(C)C. The minimum atomic E-state index is 0.773. The molecule has 18 heavy (non-hydrogen) atoms. The fourth-order valence-electron chi connectivity index (χ4n) is 1.78. The zero-order valence-corrected chi connectivity index (χ0v) is 12.8. The summed E-state index contributed by atoms with van der Waals surface area (Å²) in [6.07, 6.45) is 5.12. The van der Waals surface area contributed by atoms with Crippen molar-refractivity contribution in [3.8, 4) is 5.75 Å². The molecule has 0 N–H and O–H groups in total. The van der Waals surface area contributed by atoms with Crippen molar-refractivity contribution in [2.45, 2.75) is 51.7 Å². The molecular formula is C16H26OS. The van der Waals surface area contributed by atoms with E-state index >= 15 is 0 Å². The Kier molecular flexibility index (Phi) is 7.99. The molecule has 0 fully saturated rings. The van der Waals surface area contributed by atoms with Crippen LogP contribution in [0.2, 0.25) is 0 Å². The van der Waals surface area contributed by atoms with Gasteiger partial charge in [-0.1, -0.05) is 44.9 Å². The summed E-state index contributed by atoms with van der Waals surface area (Å²) in [5.41, 5.74) is 1.23. The molecule has 1 nitrogen and oxygen atoms in total. The molecule has 1 aromatic carbocycles. The third-order valence-corrected chi connectivity index (χ3v) is 4.03. The summed E-state index contributed by atoms with van der Waals surface area (Å²) < 4.78 is 5.78. The average molecular weight is 266 g/mol. The van der Waals surface area contributed by atoms with Crippen LogP contribution in [0.5, 0.6) is 5.75 Å². The fraction of sp³-hybridized carbons (Fsp3) is 0.625. The maximum atomic E-state index is 5.78. The van der Waals surface area contributed by atoms with Crippen LogP contribution < -0.4 is 4.74 Å². The van der Waals surface area contributed by atoms with Gasteiger partial charge in [-0.2, -0.15) is 11.8 Å². The number of rotatable bonds is 9. The number of thioether (sulfide) groups is 1. The fourth-order valence-corrected chi connectivity index (χ4v) is 2.62. The van der Waals surface area contributed by atoms with Gasteiger partial charge in [0, 0.05) is 0 Å². The Morgan fingerprint density at radius 2 is 1.78 bits per heavy atom. The van der Waals surface area contributed by atoms with Crippen molar-refractivity contribution >= 4 is 11.8 Å². The van der Waals surface area contributed by atoms with Crippen LogP contribution in [0, 0.1) is 6.92 Å². The van der Waals surface area contributed by atoms with Gasteiger partial charge in [0.1, 0.15) is 5.75 Å². The van der Waals surface area contributed by atoms with E-state index in [4.69, 9.17) is 4.74 Å². The Morgan fingerprint density at radius 1 is 1.06 bits per heavy atom. The zero-order chi connectivity index (χ0) is 13.2. The molecule has 0 amide bonds. The largest absolute Gasteiger partial charge is 0.493 e. The van der Waals surface area contributed by atoms with Crippen molar-refractivity contribution < 1.29 is 4.74 Å². The monoisotopic (exact) mass is 266 g/mol. The van der Waals surface area contributed by atoms with Crippen molar-refractivity contribution in [1.29, 1.82) is 0 Å². The number of aryl methyl sites for hydroxylation is 1. The summed E-state index contributed by atoms with van der Waals surface area (Å²) in [5, 5.41) is 0.773. The molecule has 102 valence electrons. The molecule has 0 saturated heterocycles. The van der Waals surface area contributed by atoms with Crippen LogP contribution in [-0.2, 0) is 0 Å². The highest BCUT2D eigenvalue weighted by molar-refractivity contribution is 7.99. The Balaban J connectivity index is 1.98. The number of hydrogen-bond donors (Lipinski definition) is 0. The lowest BCUT2D eigenvalue weighted by atomic mass is 10.2. The van der Waals surface area contributed by atoms with E-state index in [0.717, 1.165) is 17.6 Å². The van der Waals surface area contributed by atoms with E-state index < -0.39 is 0 Å². The van der Waals surface area contributed by atoms with Gasteiger partial charge in [0.05, 0.1) is 6.61 Å². The van der Waals surface area contributed by atoms with Crippen LogP contribution in [0.25, 0.3) is 0 Å². The highest BCUT2D eigenvalue weighted by Crippen LogP contribution is 2.17. The maximum absolute atomic E-state index is 5.78. The zero-order valence-electron chi connectivity index (χ0n) is 11.9. The van der Waals surface area contributed by atoms with Crippen molar-refractivity contribution in [3.63, 3.8) is 0 Å². The normalized spacial score (nSPS) is 10.9. The van der Waals surface area contributed by atoms with E-state index in [0.29, 0.717) is 0 Å². The summed E-state index contributed by atoms with van der Waals surface area (Å²) >= 11 is 2.06. The average Bonchev–Trinajstić information content (AvgIpc) is 2.34. The molecule has 1 rings (SSSR count). The van der Waals surface area contributed by atoms with Gasteiger partial charge >= 0.3 is 0 Å². The number of para-hydroxylation sites is 1. The lowest BCUT2D eigenvalue weighted by molar-refractivity contribution is 0.303. The van der Waals surface area contributed by atoms with Gasteiger partial charge in [0.15, 0.2) is 0 Å². The third-order valence-electron chi connectivity index (χ3n) is 2.84. The molecule has 0 aromatic heterocycles. The van der Waals surface area contributed by atoms with Crippen LogP contribution in [-0.4, -0.2) is 17.6 Å². The van der Waals surface area contributed by atoms with Crippen molar-refractivity contribution in [1.82, 2.24) is 0 Å². The standard InChI is InChI=1S/C16H26OS/c1-14(2)18-13-9-5-4-8-12-17-16-11-7-6-10-15(16)3/h6-7,10-11,14H,4-5,8-9,12-13H2,1-3H3. The lowest BCUT2D eigenvalue weighted by Crippen LogP contribution is -1.99. The van der Waals surface area contributed by atoms with E-state index in [1.807, 2.05) is 6.07 Å². The van der Waals surface area contributed by atoms with Crippen LogP contribution >= 0.6 is 11.8 Å². The van der Waals surface area contributed by atoms with Crippen LogP contribution in [0.3, 0.4) is 0 Å². The van der Waals surface area contributed by atoms with Gasteiger partial charge in [0.2, 0.25) is 0 Å². The molecular weight excluding hydrogens is 240 g/mol. The number of ether oxygens (including phenoxy) is 1. The van der Waals surface area contributed by atoms with Crippen LogP contribution in [0.1, 0.15) is 45.1 Å². The summed E-state index contributed by atoms with van der Waals surface area (Å²) in [4.78, 5) is 0. The number of unbranched alkanes of at least 4 members (excludes halogenated alkanes) is 3. The highest BCUT2D eigenvalue weighted by Gasteiger charge is 1.98. The van der Waals surface area contributed by atoms with Gasteiger partial charge in [-0.15, -0.1) is 0 Å². The van der Waals surface area contributed by atoms with Gasteiger partial charge in [-0.05, 0) is 42.4 Å². The van der Waals surface area contributed by atoms with Gasteiger partial charge in [-0.3, -0.25) is 0 Å². The van der Waals surface area contributed by atoms with E-state index in [1.165, 1.54) is 37.0 Å². The summed E-state index contributed by atoms with van der Waals surface area (Å²) in [7, 11) is 0. The quantitative estimate of drug-likeness (QED) is 0.577. The maximum Gasteiger partial charge on any atom is 0.122 e. The Morgan fingerprint density at radius 3 is 2.50 bits per heavy atom. The Hall–Kier alpha value is -0.630. The first-order valence-corrected chi connectivity index (χ1v) is 8.05. The first-order valence-electron chi connectivity index (χ1n) is 7.00.